The van der Waals surface area contributed by atoms with Crippen LogP contribution in [0.2, 0.25) is 10.0 Å². The summed E-state index contributed by atoms with van der Waals surface area (Å²) in [4.78, 5) is 12.5. The number of carbonyl (C=O) groups excluding carboxylic acids is 1. The molecule has 0 aliphatic rings. The van der Waals surface area contributed by atoms with E-state index in [0.29, 0.717) is 39.8 Å². The molecule has 0 fully saturated rings. The van der Waals surface area contributed by atoms with Crippen molar-refractivity contribution in [3.8, 4) is 0 Å². The van der Waals surface area contributed by atoms with E-state index >= 15 is 0 Å². The first-order chi connectivity index (χ1) is 14.8. The van der Waals surface area contributed by atoms with Gasteiger partial charge in [0.15, 0.2) is 0 Å². The van der Waals surface area contributed by atoms with Crippen molar-refractivity contribution in [2.24, 2.45) is 0 Å². The summed E-state index contributed by atoms with van der Waals surface area (Å²) in [5, 5.41) is 11.8. The van der Waals surface area contributed by atoms with Crippen LogP contribution in [-0.4, -0.2) is 33.9 Å². The number of halogens is 2. The van der Waals surface area contributed by atoms with Gasteiger partial charge in [-0.25, -0.2) is 0 Å². The Labute approximate surface area is 196 Å². The van der Waals surface area contributed by atoms with Gasteiger partial charge in [-0.15, -0.1) is 5.10 Å². The summed E-state index contributed by atoms with van der Waals surface area (Å²) >= 11 is 12.0. The minimum atomic E-state index is -4.33. The lowest BCUT2D eigenvalue weighted by Gasteiger charge is -2.23. The molecule has 0 aliphatic carbocycles. The molecule has 170 valence electrons. The molecule has 2 N–H and O–H groups in total. The number of aryl methyl sites for hydroxylation is 3. The molecule has 8 nitrogen and oxygen atoms in total. The third-order valence-corrected chi connectivity index (χ3v) is 6.22. The molecule has 0 radical (unpaired) electrons. The lowest BCUT2D eigenvalue weighted by molar-refractivity contribution is 0.0910. The molecule has 3 rings (SSSR count). The van der Waals surface area contributed by atoms with Crippen molar-refractivity contribution in [2.75, 3.05) is 0 Å². The summed E-state index contributed by atoms with van der Waals surface area (Å²) in [6.07, 6.45) is 1.99. The van der Waals surface area contributed by atoms with Crippen molar-refractivity contribution in [1.29, 1.82) is 0 Å². The van der Waals surface area contributed by atoms with Crippen molar-refractivity contribution < 1.29 is 17.8 Å². The van der Waals surface area contributed by atoms with E-state index in [2.05, 4.69) is 15.6 Å². The SMILES string of the molecule is Cc1ccc(S(=O)(=O)O)c(CCn2cc(C(C)(C)NC(=O)c3cc(Cl)cc(Cl)c3)nn2)c1. The highest BCUT2D eigenvalue weighted by atomic mass is 35.5. The fourth-order valence-corrected chi connectivity index (χ4v) is 4.45. The standard InChI is InChI=1S/C21H22Cl2N4O4S/c1-13-4-5-18(32(29,30)31)14(8-13)6-7-27-12-19(25-26-27)21(2,3)24-20(28)15-9-16(22)11-17(23)10-15/h4-5,8-12H,6-7H2,1-3H3,(H,24,28)(H,29,30,31). The van der Waals surface area contributed by atoms with Crippen molar-refractivity contribution in [2.45, 2.75) is 44.2 Å². The Morgan fingerprint density at radius 1 is 1.16 bits per heavy atom. The topological polar surface area (TPSA) is 114 Å². The second kappa shape index (κ2) is 9.19. The molecule has 3 aromatic rings. The first-order valence-electron chi connectivity index (χ1n) is 9.61. The van der Waals surface area contributed by atoms with Crippen LogP contribution in [0.5, 0.6) is 0 Å². The maximum atomic E-state index is 12.7. The van der Waals surface area contributed by atoms with Gasteiger partial charge < -0.3 is 5.32 Å². The molecule has 0 saturated heterocycles. The number of nitrogens with one attached hydrogen (secondary N) is 1. The van der Waals surface area contributed by atoms with Crippen LogP contribution in [0.3, 0.4) is 0 Å². The van der Waals surface area contributed by atoms with E-state index in [1.165, 1.54) is 24.3 Å². The summed E-state index contributed by atoms with van der Waals surface area (Å²) in [6, 6.07) is 9.29. The number of hydrogen-bond acceptors (Lipinski definition) is 5. The van der Waals surface area contributed by atoms with Crippen LogP contribution in [0.4, 0.5) is 0 Å². The van der Waals surface area contributed by atoms with Gasteiger partial charge >= 0.3 is 0 Å². The van der Waals surface area contributed by atoms with Gasteiger partial charge in [0, 0.05) is 22.2 Å². The first-order valence-corrected chi connectivity index (χ1v) is 11.8. The second-order valence-corrected chi connectivity index (χ2v) is 10.2. The quantitative estimate of drug-likeness (QED) is 0.476. The van der Waals surface area contributed by atoms with E-state index in [1.54, 1.807) is 36.9 Å². The molecule has 0 saturated carbocycles. The Balaban J connectivity index is 1.74. The Morgan fingerprint density at radius 3 is 2.44 bits per heavy atom. The van der Waals surface area contributed by atoms with Crippen LogP contribution in [0.1, 0.15) is 41.0 Å². The van der Waals surface area contributed by atoms with Crippen LogP contribution in [0, 0.1) is 6.92 Å². The number of rotatable bonds is 7. The molecule has 0 aliphatic heterocycles. The van der Waals surface area contributed by atoms with Gasteiger partial charge in [0.1, 0.15) is 5.69 Å². The van der Waals surface area contributed by atoms with E-state index in [-0.39, 0.29) is 10.8 Å². The third kappa shape index (κ3) is 5.86. The molecule has 11 heteroatoms. The van der Waals surface area contributed by atoms with Gasteiger partial charge in [0.25, 0.3) is 16.0 Å². The molecule has 1 aromatic heterocycles. The number of benzene rings is 2. The number of amides is 1. The maximum absolute atomic E-state index is 12.7. The Morgan fingerprint density at radius 2 is 1.81 bits per heavy atom. The summed E-state index contributed by atoms with van der Waals surface area (Å²) in [5.74, 6) is -0.369. The van der Waals surface area contributed by atoms with E-state index < -0.39 is 15.7 Å². The lowest BCUT2D eigenvalue weighted by Crippen LogP contribution is -2.41. The fraction of sp³-hybridized carbons (Fsp3) is 0.286. The van der Waals surface area contributed by atoms with E-state index in [1.807, 2.05) is 6.92 Å². The van der Waals surface area contributed by atoms with Gasteiger partial charge in [-0.3, -0.25) is 14.0 Å². The van der Waals surface area contributed by atoms with E-state index in [0.717, 1.165) is 5.56 Å². The average Bonchev–Trinajstić information content (AvgIpc) is 3.14. The van der Waals surface area contributed by atoms with E-state index in [4.69, 9.17) is 23.2 Å². The predicted octanol–water partition coefficient (Wildman–Crippen LogP) is 4.05. The smallest absolute Gasteiger partial charge is 0.294 e. The van der Waals surface area contributed by atoms with Crippen molar-refractivity contribution in [1.82, 2.24) is 20.3 Å². The highest BCUT2D eigenvalue weighted by Gasteiger charge is 2.27. The second-order valence-electron chi connectivity index (χ2n) is 7.94. The largest absolute Gasteiger partial charge is 0.341 e. The zero-order valence-corrected chi connectivity index (χ0v) is 20.0. The number of hydrogen-bond donors (Lipinski definition) is 2. The lowest BCUT2D eigenvalue weighted by atomic mass is 10.0. The van der Waals surface area contributed by atoms with Gasteiger partial charge in [-0.2, -0.15) is 8.42 Å². The molecular formula is C21H22Cl2N4O4S. The van der Waals surface area contributed by atoms with Crippen LogP contribution in [0.25, 0.3) is 0 Å². The number of aromatic nitrogens is 3. The zero-order valence-electron chi connectivity index (χ0n) is 17.6. The Hall–Kier alpha value is -2.46. The first kappa shape index (κ1) is 24.2. The molecule has 2 aromatic carbocycles. The molecule has 1 amide bonds. The minimum absolute atomic E-state index is 0.129. The highest BCUT2D eigenvalue weighted by Crippen LogP contribution is 2.23. The van der Waals surface area contributed by atoms with E-state index in [9.17, 15) is 17.8 Å². The Kier molecular flexibility index (Phi) is 6.94. The van der Waals surface area contributed by atoms with Crippen LogP contribution in [0.15, 0.2) is 47.5 Å². The maximum Gasteiger partial charge on any atom is 0.294 e. The third-order valence-electron chi connectivity index (χ3n) is 4.83. The number of carbonyl (C=O) groups is 1. The molecule has 0 unspecified atom stereocenters. The monoisotopic (exact) mass is 496 g/mol. The molecule has 0 spiro atoms. The Bertz CT molecular complexity index is 1250. The summed E-state index contributed by atoms with van der Waals surface area (Å²) in [6.45, 7) is 5.72. The van der Waals surface area contributed by atoms with Crippen molar-refractivity contribution in [3.63, 3.8) is 0 Å². The minimum Gasteiger partial charge on any atom is -0.341 e. The molecular weight excluding hydrogens is 475 g/mol. The average molecular weight is 497 g/mol. The van der Waals surface area contributed by atoms with Gasteiger partial charge in [0.05, 0.1) is 16.6 Å². The molecule has 1 heterocycles. The molecule has 0 bridgehead atoms. The van der Waals surface area contributed by atoms with Gasteiger partial charge in [0.2, 0.25) is 0 Å². The van der Waals surface area contributed by atoms with Crippen LogP contribution in [-0.2, 0) is 28.6 Å². The fourth-order valence-electron chi connectivity index (χ4n) is 3.19. The van der Waals surface area contributed by atoms with Gasteiger partial charge in [-0.05, 0) is 57.0 Å². The molecule has 0 atom stereocenters. The summed E-state index contributed by atoms with van der Waals surface area (Å²) < 4.78 is 34.3. The van der Waals surface area contributed by atoms with Crippen LogP contribution >= 0.6 is 23.2 Å². The summed E-state index contributed by atoms with van der Waals surface area (Å²) in [5.41, 5.74) is 1.33. The van der Waals surface area contributed by atoms with Crippen molar-refractivity contribution >= 4 is 39.2 Å². The zero-order chi connectivity index (χ0) is 23.7. The highest BCUT2D eigenvalue weighted by molar-refractivity contribution is 7.85. The predicted molar refractivity (Wildman–Crippen MR) is 122 cm³/mol. The van der Waals surface area contributed by atoms with Gasteiger partial charge in [-0.1, -0.05) is 46.1 Å². The molecule has 32 heavy (non-hydrogen) atoms. The normalized spacial score (nSPS) is 12.1. The van der Waals surface area contributed by atoms with Crippen molar-refractivity contribution in [3.05, 3.63) is 75.0 Å². The van der Waals surface area contributed by atoms with Crippen LogP contribution < -0.4 is 5.32 Å². The number of nitrogens with zero attached hydrogens (tertiary/aromatic N) is 3. The summed E-state index contributed by atoms with van der Waals surface area (Å²) in [7, 11) is -4.33.